The average Bonchev–Trinajstić information content (AvgIpc) is 2.32. The molecule has 0 aliphatic carbocycles. The van der Waals surface area contributed by atoms with Crippen LogP contribution in [0.3, 0.4) is 0 Å². The molecule has 0 aromatic heterocycles. The van der Waals surface area contributed by atoms with E-state index < -0.39 is 9.84 Å². The molecular formula is C15H25NO3S. The van der Waals surface area contributed by atoms with Crippen LogP contribution in [0.2, 0.25) is 0 Å². The van der Waals surface area contributed by atoms with Crippen molar-refractivity contribution in [3.8, 4) is 5.75 Å². The lowest BCUT2D eigenvalue weighted by Gasteiger charge is -2.23. The fraction of sp³-hybridized carbons (Fsp3) is 0.600. The molecule has 0 fully saturated rings. The maximum Gasteiger partial charge on any atom is 0.149 e. The number of methoxy groups -OCH3 is 1. The molecule has 1 rings (SSSR count). The zero-order valence-corrected chi connectivity index (χ0v) is 13.8. The van der Waals surface area contributed by atoms with E-state index in [1.165, 1.54) is 6.26 Å². The van der Waals surface area contributed by atoms with Crippen molar-refractivity contribution in [2.75, 3.05) is 25.7 Å². The Morgan fingerprint density at radius 1 is 1.30 bits per heavy atom. The third-order valence-electron chi connectivity index (χ3n) is 3.17. The monoisotopic (exact) mass is 299 g/mol. The summed E-state index contributed by atoms with van der Waals surface area (Å²) in [6.45, 7) is 6.83. The van der Waals surface area contributed by atoms with Crippen LogP contribution in [-0.2, 0) is 9.84 Å². The number of aryl methyl sites for hydroxylation is 2. The van der Waals surface area contributed by atoms with E-state index in [0.29, 0.717) is 0 Å². The van der Waals surface area contributed by atoms with Crippen LogP contribution in [0.4, 0.5) is 0 Å². The van der Waals surface area contributed by atoms with Crippen molar-refractivity contribution in [2.45, 2.75) is 33.2 Å². The summed E-state index contributed by atoms with van der Waals surface area (Å²) < 4.78 is 28.8. The Hall–Kier alpha value is -1.07. The molecule has 20 heavy (non-hydrogen) atoms. The zero-order chi connectivity index (χ0) is 15.3. The molecular weight excluding hydrogens is 274 g/mol. The van der Waals surface area contributed by atoms with Gasteiger partial charge in [0, 0.05) is 11.8 Å². The fourth-order valence-electron chi connectivity index (χ4n) is 2.42. The quantitative estimate of drug-likeness (QED) is 0.840. The van der Waals surface area contributed by atoms with Gasteiger partial charge in [0.2, 0.25) is 0 Å². The van der Waals surface area contributed by atoms with Crippen LogP contribution in [-0.4, -0.2) is 34.1 Å². The summed E-state index contributed by atoms with van der Waals surface area (Å²) in [5.74, 6) is 0.826. The molecule has 0 bridgehead atoms. The second-order valence-corrected chi connectivity index (χ2v) is 7.48. The second kappa shape index (κ2) is 7.09. The second-order valence-electron chi connectivity index (χ2n) is 5.30. The fourth-order valence-corrected chi connectivity index (χ4v) is 3.31. The van der Waals surface area contributed by atoms with E-state index in [4.69, 9.17) is 4.74 Å². The summed E-state index contributed by atoms with van der Waals surface area (Å²) in [6, 6.07) is 3.77. The van der Waals surface area contributed by atoms with Crippen LogP contribution in [0.15, 0.2) is 12.1 Å². The van der Waals surface area contributed by atoms with Crippen LogP contribution in [0.5, 0.6) is 5.75 Å². The Morgan fingerprint density at radius 3 is 2.45 bits per heavy atom. The molecule has 0 amide bonds. The molecule has 5 heteroatoms. The first-order valence-electron chi connectivity index (χ1n) is 6.84. The molecule has 1 N–H and O–H groups in total. The molecule has 1 aromatic rings. The van der Waals surface area contributed by atoms with Gasteiger partial charge in [-0.1, -0.05) is 13.0 Å². The molecule has 1 unspecified atom stereocenters. The van der Waals surface area contributed by atoms with E-state index in [1.54, 1.807) is 7.11 Å². The van der Waals surface area contributed by atoms with Gasteiger partial charge in [0.1, 0.15) is 15.6 Å². The Morgan fingerprint density at radius 2 is 1.95 bits per heavy atom. The maximum atomic E-state index is 11.7. The van der Waals surface area contributed by atoms with Crippen molar-refractivity contribution in [2.24, 2.45) is 0 Å². The largest absolute Gasteiger partial charge is 0.496 e. The number of nitrogens with one attached hydrogen (secondary N) is 1. The molecule has 4 nitrogen and oxygen atoms in total. The van der Waals surface area contributed by atoms with Gasteiger partial charge in [-0.25, -0.2) is 8.42 Å². The Bertz CT molecular complexity index is 552. The van der Waals surface area contributed by atoms with Crippen LogP contribution < -0.4 is 10.1 Å². The lowest BCUT2D eigenvalue weighted by molar-refractivity contribution is 0.400. The molecule has 0 saturated carbocycles. The van der Waals surface area contributed by atoms with Gasteiger partial charge in [0.25, 0.3) is 0 Å². The smallest absolute Gasteiger partial charge is 0.149 e. The van der Waals surface area contributed by atoms with Gasteiger partial charge in [-0.2, -0.15) is 0 Å². The predicted octanol–water partition coefficient (Wildman–Crippen LogP) is 2.40. The standard InChI is InChI=1S/C15H25NO3S/c1-6-7-16-13(10-20(5,17)18)15-12(3)8-11(2)9-14(15)19-4/h8-9,13,16H,6-7,10H2,1-5H3. The van der Waals surface area contributed by atoms with Gasteiger partial charge < -0.3 is 10.1 Å². The van der Waals surface area contributed by atoms with E-state index in [2.05, 4.69) is 18.3 Å². The summed E-state index contributed by atoms with van der Waals surface area (Å²) in [6.07, 6.45) is 2.22. The minimum Gasteiger partial charge on any atom is -0.496 e. The Labute approximate surface area is 122 Å². The van der Waals surface area contributed by atoms with Crippen molar-refractivity contribution < 1.29 is 13.2 Å². The zero-order valence-electron chi connectivity index (χ0n) is 13.0. The van der Waals surface area contributed by atoms with Gasteiger partial charge in [0.05, 0.1) is 18.9 Å². The summed E-state index contributed by atoms with van der Waals surface area (Å²) in [4.78, 5) is 0. The molecule has 0 saturated heterocycles. The van der Waals surface area contributed by atoms with E-state index in [-0.39, 0.29) is 11.8 Å². The summed E-state index contributed by atoms with van der Waals surface area (Å²) in [5.41, 5.74) is 3.10. The average molecular weight is 299 g/mol. The van der Waals surface area contributed by atoms with Crippen LogP contribution in [0.1, 0.15) is 36.1 Å². The van der Waals surface area contributed by atoms with Gasteiger partial charge >= 0.3 is 0 Å². The van der Waals surface area contributed by atoms with Crippen molar-refractivity contribution in [3.05, 3.63) is 28.8 Å². The van der Waals surface area contributed by atoms with Gasteiger partial charge in [-0.15, -0.1) is 0 Å². The van der Waals surface area contributed by atoms with E-state index >= 15 is 0 Å². The Balaban J connectivity index is 3.25. The van der Waals surface area contributed by atoms with Crippen molar-refractivity contribution in [3.63, 3.8) is 0 Å². The van der Waals surface area contributed by atoms with Gasteiger partial charge in [-0.05, 0) is 44.0 Å². The van der Waals surface area contributed by atoms with E-state index in [0.717, 1.165) is 35.4 Å². The van der Waals surface area contributed by atoms with Crippen molar-refractivity contribution in [1.82, 2.24) is 5.32 Å². The number of hydrogen-bond acceptors (Lipinski definition) is 4. The molecule has 0 spiro atoms. The SMILES string of the molecule is CCCNC(CS(C)(=O)=O)c1c(C)cc(C)cc1OC. The van der Waals surface area contributed by atoms with Gasteiger partial charge in [-0.3, -0.25) is 0 Å². The minimum atomic E-state index is -3.07. The first-order chi connectivity index (χ1) is 9.28. The highest BCUT2D eigenvalue weighted by molar-refractivity contribution is 7.90. The van der Waals surface area contributed by atoms with Gasteiger partial charge in [0.15, 0.2) is 0 Å². The maximum absolute atomic E-state index is 11.7. The molecule has 0 aliphatic heterocycles. The highest BCUT2D eigenvalue weighted by Gasteiger charge is 2.22. The molecule has 0 aliphatic rings. The number of hydrogen-bond donors (Lipinski definition) is 1. The highest BCUT2D eigenvalue weighted by Crippen LogP contribution is 2.31. The third-order valence-corrected chi connectivity index (χ3v) is 4.11. The van der Waals surface area contributed by atoms with Crippen LogP contribution in [0, 0.1) is 13.8 Å². The van der Waals surface area contributed by atoms with E-state index in [1.807, 2.05) is 19.9 Å². The van der Waals surface area contributed by atoms with Crippen molar-refractivity contribution >= 4 is 9.84 Å². The summed E-state index contributed by atoms with van der Waals surface area (Å²) in [7, 11) is -1.45. The first kappa shape index (κ1) is 17.0. The van der Waals surface area contributed by atoms with Crippen LogP contribution in [0.25, 0.3) is 0 Å². The number of ether oxygens (including phenoxy) is 1. The molecule has 1 aromatic carbocycles. The Kier molecular flexibility index (Phi) is 6.02. The number of benzene rings is 1. The minimum absolute atomic E-state index is 0.0766. The highest BCUT2D eigenvalue weighted by atomic mass is 32.2. The number of sulfone groups is 1. The first-order valence-corrected chi connectivity index (χ1v) is 8.90. The lowest BCUT2D eigenvalue weighted by atomic mass is 9.98. The van der Waals surface area contributed by atoms with E-state index in [9.17, 15) is 8.42 Å². The summed E-state index contributed by atoms with van der Waals surface area (Å²) in [5, 5.41) is 3.32. The molecule has 114 valence electrons. The molecule has 1 atom stereocenters. The predicted molar refractivity (Wildman–Crippen MR) is 83.2 cm³/mol. The topological polar surface area (TPSA) is 55.4 Å². The molecule has 0 heterocycles. The number of rotatable bonds is 7. The summed E-state index contributed by atoms with van der Waals surface area (Å²) >= 11 is 0. The lowest BCUT2D eigenvalue weighted by Crippen LogP contribution is -2.29. The van der Waals surface area contributed by atoms with Crippen LogP contribution >= 0.6 is 0 Å². The normalized spacial score (nSPS) is 13.2. The molecule has 0 radical (unpaired) electrons. The van der Waals surface area contributed by atoms with Crippen molar-refractivity contribution in [1.29, 1.82) is 0 Å². The third kappa shape index (κ3) is 4.80.